The minimum Gasteiger partial charge on any atom is -0.496 e. The number of amides is 2. The number of hydrogen-bond donors (Lipinski definition) is 1. The molecule has 1 heterocycles. The Kier molecular flexibility index (Phi) is 4.05. The van der Waals surface area contributed by atoms with E-state index in [1.165, 1.54) is 4.90 Å². The SMILES string of the molecule is COc1ccc(C(C)N)cc1CN1C(=O)CC(C)(C)C1=O. The van der Waals surface area contributed by atoms with Crippen molar-refractivity contribution in [3.8, 4) is 5.75 Å². The lowest BCUT2D eigenvalue weighted by Crippen LogP contribution is -2.32. The molecular formula is C16H22N2O3. The molecule has 21 heavy (non-hydrogen) atoms. The number of benzene rings is 1. The molecule has 1 aromatic carbocycles. The number of nitrogens with two attached hydrogens (primary N) is 1. The number of carbonyl (C=O) groups excluding carboxylic acids is 2. The summed E-state index contributed by atoms with van der Waals surface area (Å²) in [5, 5.41) is 0. The summed E-state index contributed by atoms with van der Waals surface area (Å²) in [5.74, 6) is 0.378. The maximum Gasteiger partial charge on any atom is 0.235 e. The topological polar surface area (TPSA) is 72.6 Å². The van der Waals surface area contributed by atoms with E-state index in [0.717, 1.165) is 11.1 Å². The fourth-order valence-electron chi connectivity index (χ4n) is 2.56. The Morgan fingerprint density at radius 2 is 2.05 bits per heavy atom. The molecular weight excluding hydrogens is 268 g/mol. The summed E-state index contributed by atoms with van der Waals surface area (Å²) in [6.45, 7) is 5.71. The van der Waals surface area contributed by atoms with Gasteiger partial charge in [0.05, 0.1) is 19.1 Å². The lowest BCUT2D eigenvalue weighted by Gasteiger charge is -2.20. The highest BCUT2D eigenvalue weighted by molar-refractivity contribution is 6.05. The third-order valence-corrected chi connectivity index (χ3v) is 3.88. The number of carbonyl (C=O) groups is 2. The number of ether oxygens (including phenoxy) is 1. The van der Waals surface area contributed by atoms with Crippen molar-refractivity contribution >= 4 is 11.8 Å². The van der Waals surface area contributed by atoms with Crippen LogP contribution in [-0.4, -0.2) is 23.8 Å². The zero-order chi connectivity index (χ0) is 15.8. The summed E-state index contributed by atoms with van der Waals surface area (Å²) < 4.78 is 5.32. The van der Waals surface area contributed by atoms with Gasteiger partial charge >= 0.3 is 0 Å². The van der Waals surface area contributed by atoms with Gasteiger partial charge in [0, 0.05) is 18.0 Å². The van der Waals surface area contributed by atoms with E-state index in [1.54, 1.807) is 21.0 Å². The third-order valence-electron chi connectivity index (χ3n) is 3.88. The highest BCUT2D eigenvalue weighted by Crippen LogP contribution is 2.34. The molecule has 1 aliphatic rings. The number of methoxy groups -OCH3 is 1. The van der Waals surface area contributed by atoms with Crippen molar-refractivity contribution in [3.05, 3.63) is 29.3 Å². The molecule has 0 bridgehead atoms. The zero-order valence-electron chi connectivity index (χ0n) is 13.0. The lowest BCUT2D eigenvalue weighted by molar-refractivity contribution is -0.141. The van der Waals surface area contributed by atoms with Crippen molar-refractivity contribution in [2.75, 3.05) is 7.11 Å². The minimum atomic E-state index is -0.622. The molecule has 2 N–H and O–H groups in total. The molecule has 5 heteroatoms. The Bertz CT molecular complexity index is 579. The lowest BCUT2D eigenvalue weighted by atomic mass is 9.92. The first-order valence-electron chi connectivity index (χ1n) is 7.03. The Morgan fingerprint density at radius 3 is 2.52 bits per heavy atom. The molecule has 2 rings (SSSR count). The molecule has 5 nitrogen and oxygen atoms in total. The van der Waals surface area contributed by atoms with Crippen molar-refractivity contribution in [1.82, 2.24) is 4.90 Å². The maximum atomic E-state index is 12.3. The average Bonchev–Trinajstić information content (AvgIpc) is 2.60. The van der Waals surface area contributed by atoms with Gasteiger partial charge in [0.25, 0.3) is 0 Å². The van der Waals surface area contributed by atoms with Crippen LogP contribution in [0.3, 0.4) is 0 Å². The molecule has 0 aromatic heterocycles. The molecule has 0 spiro atoms. The Hall–Kier alpha value is -1.88. The van der Waals surface area contributed by atoms with Gasteiger partial charge in [-0.05, 0) is 24.6 Å². The molecule has 0 radical (unpaired) electrons. The van der Waals surface area contributed by atoms with E-state index in [1.807, 2.05) is 25.1 Å². The van der Waals surface area contributed by atoms with Crippen LogP contribution in [0.4, 0.5) is 0 Å². The number of rotatable bonds is 4. The monoisotopic (exact) mass is 290 g/mol. The summed E-state index contributed by atoms with van der Waals surface area (Å²) in [5.41, 5.74) is 7.02. The molecule has 0 saturated carbocycles. The van der Waals surface area contributed by atoms with Crippen LogP contribution >= 0.6 is 0 Å². The third kappa shape index (κ3) is 2.93. The number of likely N-dealkylation sites (tertiary alicyclic amines) is 1. The largest absolute Gasteiger partial charge is 0.496 e. The summed E-state index contributed by atoms with van der Waals surface area (Å²) >= 11 is 0. The maximum absolute atomic E-state index is 12.3. The van der Waals surface area contributed by atoms with Gasteiger partial charge in [-0.25, -0.2) is 0 Å². The van der Waals surface area contributed by atoms with Gasteiger partial charge in [-0.3, -0.25) is 14.5 Å². The smallest absolute Gasteiger partial charge is 0.235 e. The van der Waals surface area contributed by atoms with Gasteiger partial charge in [-0.15, -0.1) is 0 Å². The van der Waals surface area contributed by atoms with Crippen LogP contribution in [0.15, 0.2) is 18.2 Å². The zero-order valence-corrected chi connectivity index (χ0v) is 13.0. The van der Waals surface area contributed by atoms with E-state index in [-0.39, 0.29) is 30.8 Å². The van der Waals surface area contributed by atoms with Crippen molar-refractivity contribution in [2.45, 2.75) is 39.8 Å². The van der Waals surface area contributed by atoms with E-state index in [4.69, 9.17) is 10.5 Å². The Morgan fingerprint density at radius 1 is 1.38 bits per heavy atom. The van der Waals surface area contributed by atoms with Crippen LogP contribution in [0.1, 0.15) is 44.4 Å². The first-order valence-corrected chi connectivity index (χ1v) is 7.03. The van der Waals surface area contributed by atoms with E-state index in [2.05, 4.69) is 0 Å². The highest BCUT2D eigenvalue weighted by atomic mass is 16.5. The van der Waals surface area contributed by atoms with Crippen molar-refractivity contribution in [3.63, 3.8) is 0 Å². The molecule has 0 aliphatic carbocycles. The van der Waals surface area contributed by atoms with Crippen LogP contribution in [0.2, 0.25) is 0 Å². The first kappa shape index (κ1) is 15.5. The summed E-state index contributed by atoms with van der Waals surface area (Å²) in [7, 11) is 1.57. The number of nitrogens with zero attached hydrogens (tertiary/aromatic N) is 1. The van der Waals surface area contributed by atoms with Gasteiger partial charge in [0.1, 0.15) is 5.75 Å². The molecule has 1 unspecified atom stereocenters. The van der Waals surface area contributed by atoms with Crippen LogP contribution in [0, 0.1) is 5.41 Å². The molecule has 1 fully saturated rings. The molecule has 1 saturated heterocycles. The van der Waals surface area contributed by atoms with E-state index >= 15 is 0 Å². The number of hydrogen-bond acceptors (Lipinski definition) is 4. The fraction of sp³-hybridized carbons (Fsp3) is 0.500. The van der Waals surface area contributed by atoms with Gasteiger partial charge in [-0.1, -0.05) is 19.9 Å². The highest BCUT2D eigenvalue weighted by Gasteiger charge is 2.44. The first-order chi connectivity index (χ1) is 9.76. The standard InChI is InChI=1S/C16H22N2O3/c1-10(17)11-5-6-13(21-4)12(7-11)9-18-14(19)8-16(2,3)15(18)20/h5-7,10H,8-9,17H2,1-4H3. The second kappa shape index (κ2) is 5.48. The van der Waals surface area contributed by atoms with Gasteiger partial charge in [0.15, 0.2) is 0 Å². The minimum absolute atomic E-state index is 0.115. The summed E-state index contributed by atoms with van der Waals surface area (Å²) in [6.07, 6.45) is 0.251. The van der Waals surface area contributed by atoms with E-state index in [9.17, 15) is 9.59 Å². The molecule has 1 atom stereocenters. The van der Waals surface area contributed by atoms with Crippen molar-refractivity contribution in [1.29, 1.82) is 0 Å². The van der Waals surface area contributed by atoms with Crippen molar-refractivity contribution in [2.24, 2.45) is 11.1 Å². The van der Waals surface area contributed by atoms with Crippen LogP contribution < -0.4 is 10.5 Å². The molecule has 1 aromatic rings. The van der Waals surface area contributed by atoms with Gasteiger partial charge in [-0.2, -0.15) is 0 Å². The fourth-order valence-corrected chi connectivity index (χ4v) is 2.56. The van der Waals surface area contributed by atoms with E-state index in [0.29, 0.717) is 5.75 Å². The van der Waals surface area contributed by atoms with Gasteiger partial charge in [0.2, 0.25) is 11.8 Å². The Labute approximate surface area is 125 Å². The van der Waals surface area contributed by atoms with E-state index < -0.39 is 5.41 Å². The summed E-state index contributed by atoms with van der Waals surface area (Å²) in [4.78, 5) is 25.7. The predicted octanol–water partition coefficient (Wildman–Crippen LogP) is 2.00. The van der Waals surface area contributed by atoms with Crippen LogP contribution in [0.25, 0.3) is 0 Å². The second-order valence-electron chi connectivity index (χ2n) is 6.21. The second-order valence-corrected chi connectivity index (χ2v) is 6.21. The molecule has 2 amide bonds. The van der Waals surface area contributed by atoms with Gasteiger partial charge < -0.3 is 10.5 Å². The number of imide groups is 1. The average molecular weight is 290 g/mol. The quantitative estimate of drug-likeness (QED) is 0.861. The normalized spacial score (nSPS) is 19.0. The Balaban J connectivity index is 2.32. The van der Waals surface area contributed by atoms with Crippen LogP contribution in [-0.2, 0) is 16.1 Å². The predicted molar refractivity (Wildman–Crippen MR) is 79.6 cm³/mol. The van der Waals surface area contributed by atoms with Crippen LogP contribution in [0.5, 0.6) is 5.75 Å². The molecule has 114 valence electrons. The molecule has 1 aliphatic heterocycles. The van der Waals surface area contributed by atoms with Crippen molar-refractivity contribution < 1.29 is 14.3 Å². The summed E-state index contributed by atoms with van der Waals surface area (Å²) in [6, 6.07) is 5.50.